The average Bonchev–Trinajstić information content (AvgIpc) is 3.21. The Hall–Kier alpha value is -3.71. The highest BCUT2D eigenvalue weighted by Crippen LogP contribution is 2.33. The summed E-state index contributed by atoms with van der Waals surface area (Å²) in [7, 11) is 0. The highest BCUT2D eigenvalue weighted by molar-refractivity contribution is 14.1. The van der Waals surface area contributed by atoms with E-state index >= 15 is 0 Å². The molecule has 11 heteroatoms. The Kier molecular flexibility index (Phi) is 9.81. The highest BCUT2D eigenvalue weighted by atomic mass is 127. The molecule has 0 spiro atoms. The molecule has 3 N–H and O–H groups in total. The minimum Gasteiger partial charge on any atom is -0.483 e. The number of hydrazone groups is 1. The smallest absolute Gasteiger partial charge is 0.338 e. The number of rotatable bonds is 9. The average molecular weight is 686 g/mol. The summed E-state index contributed by atoms with van der Waals surface area (Å²) in [5.74, 6) is -0.459. The lowest BCUT2D eigenvalue weighted by molar-refractivity contribution is -0.139. The van der Waals surface area contributed by atoms with Crippen molar-refractivity contribution in [1.29, 1.82) is 0 Å². The molecule has 1 aliphatic rings. The van der Waals surface area contributed by atoms with Gasteiger partial charge in [-0.15, -0.1) is 0 Å². The molecule has 0 saturated carbocycles. The molecule has 1 aromatic heterocycles. The Morgan fingerprint density at radius 3 is 2.63 bits per heavy atom. The van der Waals surface area contributed by atoms with Crippen molar-refractivity contribution in [2.75, 3.05) is 13.2 Å². The van der Waals surface area contributed by atoms with E-state index in [0.29, 0.717) is 27.7 Å². The fourth-order valence-electron chi connectivity index (χ4n) is 4.64. The Bertz CT molecular complexity index is 1560. The molecule has 4 rings (SSSR count). The molecule has 0 radical (unpaired) electrons. The van der Waals surface area contributed by atoms with Gasteiger partial charge in [-0.05, 0) is 99.3 Å². The second-order valence-electron chi connectivity index (χ2n) is 9.51. The van der Waals surface area contributed by atoms with Gasteiger partial charge in [0.2, 0.25) is 0 Å². The third kappa shape index (κ3) is 6.96. The zero-order valence-corrected chi connectivity index (χ0v) is 26.5. The number of carbonyl (C=O) groups is 2. The van der Waals surface area contributed by atoms with Crippen LogP contribution in [0.3, 0.4) is 0 Å². The molecule has 0 bridgehead atoms. The maximum absolute atomic E-state index is 12.7. The molecule has 1 aliphatic heterocycles. The number of ether oxygens (including phenoxy) is 2. The van der Waals surface area contributed by atoms with E-state index in [1.165, 1.54) is 9.13 Å². The zero-order chi connectivity index (χ0) is 29.7. The van der Waals surface area contributed by atoms with Crippen LogP contribution in [0.2, 0.25) is 0 Å². The first-order chi connectivity index (χ1) is 19.6. The van der Waals surface area contributed by atoms with Crippen LogP contribution < -0.4 is 20.8 Å². The van der Waals surface area contributed by atoms with E-state index in [0.717, 1.165) is 22.6 Å². The van der Waals surface area contributed by atoms with Gasteiger partial charge in [0.05, 0.1) is 24.4 Å². The number of thiocarbonyl (C=S) groups is 1. The van der Waals surface area contributed by atoms with Crippen LogP contribution in [0.4, 0.5) is 0 Å². The highest BCUT2D eigenvalue weighted by Gasteiger charge is 2.32. The number of halogens is 1. The molecule has 41 heavy (non-hydrogen) atoms. The van der Waals surface area contributed by atoms with Crippen LogP contribution in [0.5, 0.6) is 5.75 Å². The van der Waals surface area contributed by atoms with Crippen molar-refractivity contribution < 1.29 is 19.1 Å². The van der Waals surface area contributed by atoms with Crippen molar-refractivity contribution in [2.45, 2.75) is 40.7 Å². The molecule has 1 amide bonds. The minimum absolute atomic E-state index is 0.237. The largest absolute Gasteiger partial charge is 0.483 e. The van der Waals surface area contributed by atoms with Gasteiger partial charge in [-0.2, -0.15) is 5.10 Å². The summed E-state index contributed by atoms with van der Waals surface area (Å²) in [5, 5.41) is 10.6. The van der Waals surface area contributed by atoms with Crippen LogP contribution in [-0.2, 0) is 14.3 Å². The molecule has 2 aromatic carbocycles. The van der Waals surface area contributed by atoms with Gasteiger partial charge in [0.15, 0.2) is 11.7 Å². The SMILES string of the molecule is CCOC(=O)C1=C(C)NC(=S)N[C@H]1c1ccccc1OCC(=O)NN=Cc1cc(C)n(-c2ccc(C)c(I)c2)c1C. The fraction of sp³-hybridized carbons (Fsp3) is 0.267. The number of nitrogens with one attached hydrogen (secondary N) is 3. The number of amides is 1. The number of carbonyl (C=O) groups excluding carboxylic acids is 2. The molecule has 0 unspecified atom stereocenters. The van der Waals surface area contributed by atoms with Gasteiger partial charge < -0.3 is 24.7 Å². The molecule has 9 nitrogen and oxygen atoms in total. The first kappa shape index (κ1) is 30.3. The minimum atomic E-state index is -0.604. The number of para-hydroxylation sites is 1. The Labute approximate surface area is 258 Å². The maximum Gasteiger partial charge on any atom is 0.338 e. The van der Waals surface area contributed by atoms with Crippen molar-refractivity contribution >= 4 is 58.0 Å². The van der Waals surface area contributed by atoms with E-state index in [4.69, 9.17) is 21.7 Å². The lowest BCUT2D eigenvalue weighted by Crippen LogP contribution is -2.45. The number of allylic oxidation sites excluding steroid dienone is 1. The molecule has 1 atom stereocenters. The molecule has 2 heterocycles. The third-order valence-electron chi connectivity index (χ3n) is 6.63. The Morgan fingerprint density at radius 1 is 1.15 bits per heavy atom. The van der Waals surface area contributed by atoms with Gasteiger partial charge >= 0.3 is 5.97 Å². The first-order valence-electron chi connectivity index (χ1n) is 13.0. The van der Waals surface area contributed by atoms with E-state index < -0.39 is 17.9 Å². The summed E-state index contributed by atoms with van der Waals surface area (Å²) < 4.78 is 14.5. The van der Waals surface area contributed by atoms with Crippen molar-refractivity contribution in [3.63, 3.8) is 0 Å². The second-order valence-corrected chi connectivity index (χ2v) is 11.1. The molecule has 3 aromatic rings. The van der Waals surface area contributed by atoms with E-state index in [1.807, 2.05) is 32.0 Å². The van der Waals surface area contributed by atoms with Crippen molar-refractivity contribution in [3.05, 3.63) is 91.4 Å². The maximum atomic E-state index is 12.7. The van der Waals surface area contributed by atoms with Crippen LogP contribution in [0.1, 0.15) is 48.0 Å². The monoisotopic (exact) mass is 685 g/mol. The fourth-order valence-corrected chi connectivity index (χ4v) is 5.41. The second kappa shape index (κ2) is 13.3. The predicted octanol–water partition coefficient (Wildman–Crippen LogP) is 4.89. The first-order valence-corrected chi connectivity index (χ1v) is 14.5. The summed E-state index contributed by atoms with van der Waals surface area (Å²) in [6.45, 7) is 9.61. The summed E-state index contributed by atoms with van der Waals surface area (Å²) in [6.07, 6.45) is 1.63. The zero-order valence-electron chi connectivity index (χ0n) is 23.5. The Balaban J connectivity index is 1.45. The number of nitrogens with zero attached hydrogens (tertiary/aromatic N) is 2. The molecular formula is C30H32IN5O4S. The Morgan fingerprint density at radius 2 is 1.90 bits per heavy atom. The molecule has 0 aliphatic carbocycles. The number of esters is 1. The topological polar surface area (TPSA) is 106 Å². The summed E-state index contributed by atoms with van der Waals surface area (Å²) in [4.78, 5) is 25.4. The van der Waals surface area contributed by atoms with Gasteiger partial charge in [0.25, 0.3) is 5.91 Å². The van der Waals surface area contributed by atoms with Crippen LogP contribution >= 0.6 is 34.8 Å². The van der Waals surface area contributed by atoms with E-state index in [9.17, 15) is 9.59 Å². The lowest BCUT2D eigenvalue weighted by Gasteiger charge is -2.30. The van der Waals surface area contributed by atoms with Gasteiger partial charge in [-0.3, -0.25) is 4.79 Å². The van der Waals surface area contributed by atoms with Gasteiger partial charge in [-0.25, -0.2) is 10.2 Å². The van der Waals surface area contributed by atoms with E-state index in [2.05, 4.69) is 73.4 Å². The number of aryl methyl sites for hydroxylation is 2. The summed E-state index contributed by atoms with van der Waals surface area (Å²) in [6, 6.07) is 14.9. The predicted molar refractivity (Wildman–Crippen MR) is 171 cm³/mol. The van der Waals surface area contributed by atoms with Gasteiger partial charge in [0.1, 0.15) is 5.75 Å². The molecule has 214 valence electrons. The van der Waals surface area contributed by atoms with Crippen LogP contribution in [-0.4, -0.2) is 41.0 Å². The number of hydrogen-bond acceptors (Lipinski definition) is 6. The van der Waals surface area contributed by atoms with Crippen LogP contribution in [0, 0.1) is 24.3 Å². The van der Waals surface area contributed by atoms with Gasteiger partial charge in [-0.1, -0.05) is 24.3 Å². The van der Waals surface area contributed by atoms with Crippen molar-refractivity contribution in [3.8, 4) is 11.4 Å². The standard InChI is InChI=1S/C30H32IN5O4S/c1-6-39-29(38)27-19(4)33-30(41)34-28(27)23-9-7-8-10-25(23)40-16-26(37)35-32-15-21-13-18(3)36(20(21)5)22-12-11-17(2)24(31)14-22/h7-15,28H,6,16H2,1-5H3,(H,35,37)(H2,33,34,41)/t28-/m0/s1. The van der Waals surface area contributed by atoms with E-state index in [-0.39, 0.29) is 13.2 Å². The third-order valence-corrected chi connectivity index (χ3v) is 8.01. The summed E-state index contributed by atoms with van der Waals surface area (Å²) in [5.41, 5.74) is 9.44. The molecule has 0 saturated heterocycles. The normalized spacial score (nSPS) is 15.0. The number of aromatic nitrogens is 1. The lowest BCUT2D eigenvalue weighted by atomic mass is 9.95. The quantitative estimate of drug-likeness (QED) is 0.0969. The van der Waals surface area contributed by atoms with Crippen molar-refractivity contribution in [2.24, 2.45) is 5.10 Å². The van der Waals surface area contributed by atoms with Crippen LogP contribution in [0.15, 0.2) is 64.9 Å². The van der Waals surface area contributed by atoms with Crippen LogP contribution in [0.25, 0.3) is 5.69 Å². The van der Waals surface area contributed by atoms with Crippen molar-refractivity contribution in [1.82, 2.24) is 20.6 Å². The van der Waals surface area contributed by atoms with Gasteiger partial charge in [0, 0.05) is 37.5 Å². The molecular weight excluding hydrogens is 653 g/mol. The summed E-state index contributed by atoms with van der Waals surface area (Å²) >= 11 is 7.67. The van der Waals surface area contributed by atoms with E-state index in [1.54, 1.807) is 32.2 Å². The number of hydrogen-bond donors (Lipinski definition) is 3. The number of benzene rings is 2. The molecule has 0 fully saturated rings.